The second-order valence-electron chi connectivity index (χ2n) is 8.71. The molecule has 0 saturated heterocycles. The van der Waals surface area contributed by atoms with Gasteiger partial charge in [-0.3, -0.25) is 5.01 Å². The van der Waals surface area contributed by atoms with Crippen LogP contribution in [0.3, 0.4) is 0 Å². The van der Waals surface area contributed by atoms with Crippen molar-refractivity contribution in [3.05, 3.63) is 101 Å². The summed E-state index contributed by atoms with van der Waals surface area (Å²) < 4.78 is 9.35. The summed E-state index contributed by atoms with van der Waals surface area (Å²) in [5.74, 6) is 1.51. The predicted octanol–water partition coefficient (Wildman–Crippen LogP) is 2.60. The molecule has 2 unspecified atom stereocenters. The van der Waals surface area contributed by atoms with E-state index in [4.69, 9.17) is 26.9 Å². The van der Waals surface area contributed by atoms with Gasteiger partial charge in [-0.1, -0.05) is 48.5 Å². The summed E-state index contributed by atoms with van der Waals surface area (Å²) in [6.45, 7) is 9.53. The summed E-state index contributed by atoms with van der Waals surface area (Å²) in [7, 11) is 0. The maximum Gasteiger partial charge on any atom is 0.333 e. The summed E-state index contributed by atoms with van der Waals surface area (Å²) in [6.07, 6.45) is 4.55. The minimum absolute atomic E-state index is 0.121. The lowest BCUT2D eigenvalue weighted by Crippen LogP contribution is -2.42. The number of azide groups is 1. The number of hydrogen-bond acceptors (Lipinski definition) is 12. The summed E-state index contributed by atoms with van der Waals surface area (Å²) in [5, 5.41) is 41.9. The SMILES string of the molecule is C#Cc1ccccc1O.C=C(C)C(=O)OCC(O)CN1C=C(c2ccccc2O)NN1.C=C(C)C(=O)OCC(O)N=[N+]=[N-]. The molecule has 0 amide bonds. The Morgan fingerprint density at radius 3 is 2.09 bits per heavy atom. The van der Waals surface area contributed by atoms with Crippen LogP contribution >= 0.6 is 0 Å². The Kier molecular flexibility index (Phi) is 15.6. The monoisotopic (exact) mass is 594 g/mol. The van der Waals surface area contributed by atoms with Crippen molar-refractivity contribution < 1.29 is 39.5 Å². The van der Waals surface area contributed by atoms with E-state index in [1.54, 1.807) is 60.6 Å². The Morgan fingerprint density at radius 2 is 1.58 bits per heavy atom. The number of β-amino-alcohol motifs (C(OH)–C–C–N with tert-alkyl or cyclic N) is 1. The first-order valence-corrected chi connectivity index (χ1v) is 12.5. The molecule has 0 aromatic heterocycles. The third-order valence-electron chi connectivity index (χ3n) is 4.93. The molecule has 0 fully saturated rings. The zero-order valence-electron chi connectivity index (χ0n) is 23.7. The van der Waals surface area contributed by atoms with Crippen LogP contribution < -0.4 is 11.0 Å². The number of rotatable bonds is 10. The molecule has 2 atom stereocenters. The van der Waals surface area contributed by atoms with Gasteiger partial charge < -0.3 is 35.3 Å². The van der Waals surface area contributed by atoms with E-state index in [2.05, 4.69) is 44.8 Å². The maximum absolute atomic E-state index is 11.2. The Bertz CT molecular complexity index is 1400. The molecule has 0 bridgehead atoms. The second kappa shape index (κ2) is 18.8. The molecule has 6 N–H and O–H groups in total. The van der Waals surface area contributed by atoms with Crippen LogP contribution in [0.4, 0.5) is 0 Å². The van der Waals surface area contributed by atoms with E-state index in [9.17, 15) is 19.8 Å². The Hall–Kier alpha value is -5.45. The smallest absolute Gasteiger partial charge is 0.333 e. The minimum atomic E-state index is -1.33. The highest BCUT2D eigenvalue weighted by atomic mass is 16.5. The summed E-state index contributed by atoms with van der Waals surface area (Å²) in [6, 6.07) is 13.7. The van der Waals surface area contributed by atoms with Gasteiger partial charge in [0.1, 0.15) is 30.8 Å². The highest BCUT2D eigenvalue weighted by Gasteiger charge is 2.18. The highest BCUT2D eigenvalue weighted by molar-refractivity contribution is 5.87. The number of hydrogen-bond donors (Lipinski definition) is 6. The van der Waals surface area contributed by atoms with E-state index in [-0.39, 0.29) is 42.4 Å². The van der Waals surface area contributed by atoms with Crippen LogP contribution in [0.5, 0.6) is 11.5 Å². The predicted molar refractivity (Wildman–Crippen MR) is 158 cm³/mol. The van der Waals surface area contributed by atoms with Crippen LogP contribution in [0, 0.1) is 12.3 Å². The number of carbonyl (C=O) groups excluding carboxylic acids is 2. The van der Waals surface area contributed by atoms with Crippen molar-refractivity contribution in [3.8, 4) is 23.8 Å². The van der Waals surface area contributed by atoms with Gasteiger partial charge in [0.2, 0.25) is 0 Å². The van der Waals surface area contributed by atoms with Gasteiger partial charge in [0.25, 0.3) is 0 Å². The van der Waals surface area contributed by atoms with E-state index in [1.165, 1.54) is 6.92 Å². The number of aliphatic hydroxyl groups excluding tert-OH is 2. The molecule has 1 aliphatic heterocycles. The number of nitrogens with zero attached hydrogens (tertiary/aromatic N) is 4. The number of carbonyl (C=O) groups is 2. The number of aliphatic hydroxyl groups is 2. The quantitative estimate of drug-likeness (QED) is 0.0588. The van der Waals surface area contributed by atoms with Crippen molar-refractivity contribution in [3.63, 3.8) is 0 Å². The largest absolute Gasteiger partial charge is 0.507 e. The van der Waals surface area contributed by atoms with Gasteiger partial charge in [-0.15, -0.1) is 12.0 Å². The van der Waals surface area contributed by atoms with Crippen LogP contribution in [0.1, 0.15) is 25.0 Å². The molecule has 0 saturated carbocycles. The molecule has 14 nitrogen and oxygen atoms in total. The fourth-order valence-electron chi connectivity index (χ4n) is 2.83. The molecule has 2 aromatic rings. The molecule has 3 rings (SSSR count). The number of phenolic OH excluding ortho intramolecular Hbond substituents is 2. The lowest BCUT2D eigenvalue weighted by atomic mass is 10.1. The van der Waals surface area contributed by atoms with Gasteiger partial charge in [-0.25, -0.2) is 9.59 Å². The van der Waals surface area contributed by atoms with E-state index in [0.29, 0.717) is 16.8 Å². The van der Waals surface area contributed by atoms with Crippen molar-refractivity contribution in [2.24, 2.45) is 5.11 Å². The summed E-state index contributed by atoms with van der Waals surface area (Å²) >= 11 is 0. The first-order valence-electron chi connectivity index (χ1n) is 12.5. The topological polar surface area (TPSA) is 210 Å². The van der Waals surface area contributed by atoms with Crippen LogP contribution in [0.25, 0.3) is 16.1 Å². The summed E-state index contributed by atoms with van der Waals surface area (Å²) in [4.78, 5) is 24.2. The summed E-state index contributed by atoms with van der Waals surface area (Å²) in [5.41, 5.74) is 15.9. The number of nitrogens with one attached hydrogen (secondary N) is 2. The lowest BCUT2D eigenvalue weighted by molar-refractivity contribution is -0.142. The first-order chi connectivity index (χ1) is 20.4. The van der Waals surface area contributed by atoms with E-state index in [0.717, 1.165) is 0 Å². The van der Waals surface area contributed by atoms with Gasteiger partial charge in [0, 0.05) is 27.8 Å². The van der Waals surface area contributed by atoms with Gasteiger partial charge in [-0.2, -0.15) is 0 Å². The first kappa shape index (κ1) is 35.6. The van der Waals surface area contributed by atoms with Crippen molar-refractivity contribution >= 4 is 17.6 Å². The van der Waals surface area contributed by atoms with Gasteiger partial charge in [0.05, 0.1) is 17.8 Å². The fraction of sp³-hybridized carbons (Fsp3) is 0.241. The Balaban J connectivity index is 0.000000369. The number of hydrazine groups is 2. The molecule has 0 radical (unpaired) electrons. The number of phenols is 2. The zero-order valence-corrected chi connectivity index (χ0v) is 23.7. The standard InChI is InChI=1S/C15H19N3O4.C8H6O.C6H9N3O3/c1-10(2)15(21)22-9-11(19)7-18-8-13(16-17-18)12-5-3-4-6-14(12)20;1-2-7-5-3-4-6-8(7)9;1-4(2)6(11)12-3-5(10)8-9-7/h3-6,8,11,16-17,19-20H,1,7,9H2,2H3;1,3-6,9H;5,10H,1,3H2,2H3. The molecule has 14 heteroatoms. The maximum atomic E-state index is 11.2. The van der Waals surface area contributed by atoms with Gasteiger partial charge in [-0.05, 0) is 43.6 Å². The van der Waals surface area contributed by atoms with Crippen molar-refractivity contribution in [1.29, 1.82) is 0 Å². The van der Waals surface area contributed by atoms with E-state index < -0.39 is 24.3 Å². The second-order valence-corrected chi connectivity index (χ2v) is 8.71. The van der Waals surface area contributed by atoms with E-state index >= 15 is 0 Å². The van der Waals surface area contributed by atoms with E-state index in [1.807, 2.05) is 6.07 Å². The molecule has 2 aromatic carbocycles. The van der Waals surface area contributed by atoms with Crippen molar-refractivity contribution in [1.82, 2.24) is 16.0 Å². The number of benzene rings is 2. The third-order valence-corrected chi connectivity index (χ3v) is 4.93. The van der Waals surface area contributed by atoms with Crippen LogP contribution in [0.15, 0.2) is 84.1 Å². The molecule has 43 heavy (non-hydrogen) atoms. The normalized spacial score (nSPS) is 12.5. The molecule has 1 aliphatic rings. The number of ether oxygens (including phenoxy) is 2. The molecule has 228 valence electrons. The lowest BCUT2D eigenvalue weighted by Gasteiger charge is -2.19. The Morgan fingerprint density at radius 1 is 1.02 bits per heavy atom. The molecular weight excluding hydrogens is 560 g/mol. The molecular formula is C29H34N6O8. The van der Waals surface area contributed by atoms with Crippen molar-refractivity contribution in [2.75, 3.05) is 19.8 Å². The third kappa shape index (κ3) is 13.6. The van der Waals surface area contributed by atoms with Gasteiger partial charge in [0.15, 0.2) is 6.23 Å². The number of terminal acetylenes is 1. The number of esters is 2. The average Bonchev–Trinajstić information content (AvgIpc) is 3.43. The molecule has 0 aliphatic carbocycles. The molecule has 1 heterocycles. The van der Waals surface area contributed by atoms with Crippen LogP contribution in [0.2, 0.25) is 0 Å². The minimum Gasteiger partial charge on any atom is -0.507 e. The highest BCUT2D eigenvalue weighted by Crippen LogP contribution is 2.24. The van der Waals surface area contributed by atoms with Crippen molar-refractivity contribution in [2.45, 2.75) is 26.2 Å². The van der Waals surface area contributed by atoms with Crippen LogP contribution in [-0.4, -0.2) is 69.5 Å². The number of aromatic hydroxyl groups is 2. The number of para-hydroxylation sites is 2. The zero-order chi connectivity index (χ0) is 32.4. The van der Waals surface area contributed by atoms with Gasteiger partial charge >= 0.3 is 11.9 Å². The van der Waals surface area contributed by atoms with Crippen LogP contribution in [-0.2, 0) is 19.1 Å². The Labute approximate surface area is 248 Å². The average molecular weight is 595 g/mol. The fourth-order valence-corrected chi connectivity index (χ4v) is 2.83. The molecule has 0 spiro atoms.